The fraction of sp³-hybridized carbons (Fsp3) is 0.556. The lowest BCUT2D eigenvalue weighted by atomic mass is 10.0. The minimum atomic E-state index is 0.0308. The molecule has 0 heterocycles. The Morgan fingerprint density at radius 1 is 1.00 bits per heavy atom. The van der Waals surface area contributed by atoms with Crippen LogP contribution in [0.5, 0.6) is 0 Å². The van der Waals surface area contributed by atoms with Gasteiger partial charge in [-0.15, -0.1) is 0 Å². The van der Waals surface area contributed by atoms with E-state index >= 15 is 0 Å². The Morgan fingerprint density at radius 2 is 1.46 bits per heavy atom. The Labute approximate surface area is 98.5 Å². The van der Waals surface area contributed by atoms with Crippen molar-refractivity contribution in [1.29, 1.82) is 0 Å². The number of halogens is 4. The minimum absolute atomic E-state index is 0.0308. The van der Waals surface area contributed by atoms with Crippen LogP contribution in [-0.4, -0.2) is 0 Å². The first-order chi connectivity index (χ1) is 6.09. The summed E-state index contributed by atoms with van der Waals surface area (Å²) in [6.07, 6.45) is 3.10. The highest BCUT2D eigenvalue weighted by atomic mass is 35.5. The molecule has 0 fully saturated rings. The highest BCUT2D eigenvalue weighted by Gasteiger charge is 2.29. The van der Waals surface area contributed by atoms with Crippen molar-refractivity contribution in [2.24, 2.45) is 5.92 Å². The van der Waals surface area contributed by atoms with Crippen LogP contribution in [0.1, 0.15) is 26.2 Å². The molecule has 74 valence electrons. The molecule has 0 aromatic rings. The monoisotopic (exact) mass is 258 g/mol. The molecule has 1 aliphatic rings. The second kappa shape index (κ2) is 4.93. The third-order valence-corrected chi connectivity index (χ3v) is 4.05. The van der Waals surface area contributed by atoms with Crippen molar-refractivity contribution in [3.8, 4) is 0 Å². The SMILES string of the molecule is CCCCC1C(Cl)=C(Cl)C(Cl)=C1Cl. The summed E-state index contributed by atoms with van der Waals surface area (Å²) in [5.74, 6) is 0.0308. The van der Waals surface area contributed by atoms with Gasteiger partial charge in [0.05, 0.1) is 10.1 Å². The van der Waals surface area contributed by atoms with Crippen molar-refractivity contribution in [1.82, 2.24) is 0 Å². The van der Waals surface area contributed by atoms with E-state index in [4.69, 9.17) is 46.4 Å². The van der Waals surface area contributed by atoms with Crippen LogP contribution in [0, 0.1) is 5.92 Å². The second-order valence-electron chi connectivity index (χ2n) is 3.02. The van der Waals surface area contributed by atoms with E-state index in [1.807, 2.05) is 0 Å². The molecule has 0 aromatic heterocycles. The van der Waals surface area contributed by atoms with Gasteiger partial charge in [0.25, 0.3) is 0 Å². The topological polar surface area (TPSA) is 0 Å². The van der Waals surface area contributed by atoms with Crippen LogP contribution in [-0.2, 0) is 0 Å². The van der Waals surface area contributed by atoms with E-state index in [-0.39, 0.29) is 5.92 Å². The zero-order valence-electron chi connectivity index (χ0n) is 7.21. The maximum Gasteiger partial charge on any atom is 0.0756 e. The zero-order chi connectivity index (χ0) is 10.0. The third kappa shape index (κ3) is 2.36. The number of hydrogen-bond acceptors (Lipinski definition) is 0. The van der Waals surface area contributed by atoms with E-state index in [2.05, 4.69) is 6.92 Å². The summed E-state index contributed by atoms with van der Waals surface area (Å²) < 4.78 is 0. The van der Waals surface area contributed by atoms with Crippen LogP contribution in [0.2, 0.25) is 0 Å². The fourth-order valence-electron chi connectivity index (χ4n) is 1.29. The van der Waals surface area contributed by atoms with Gasteiger partial charge in [0.15, 0.2) is 0 Å². The summed E-state index contributed by atoms with van der Waals surface area (Å²) in [4.78, 5) is 0. The van der Waals surface area contributed by atoms with E-state index in [1.54, 1.807) is 0 Å². The molecule has 4 heteroatoms. The number of allylic oxidation sites excluding steroid dienone is 4. The molecule has 0 nitrogen and oxygen atoms in total. The lowest BCUT2D eigenvalue weighted by Crippen LogP contribution is -1.97. The predicted octanol–water partition coefficient (Wildman–Crippen LogP) is 5.18. The van der Waals surface area contributed by atoms with Gasteiger partial charge in [-0.05, 0) is 6.42 Å². The van der Waals surface area contributed by atoms with Crippen molar-refractivity contribution in [3.05, 3.63) is 20.1 Å². The van der Waals surface area contributed by atoms with E-state index in [9.17, 15) is 0 Å². The van der Waals surface area contributed by atoms with E-state index in [0.29, 0.717) is 20.1 Å². The smallest absolute Gasteiger partial charge is 0.0756 e. The normalized spacial score (nSPS) is 19.2. The van der Waals surface area contributed by atoms with Gasteiger partial charge in [-0.25, -0.2) is 0 Å². The molecule has 1 aliphatic carbocycles. The fourth-order valence-corrected chi connectivity index (χ4v) is 2.53. The molecule has 0 radical (unpaired) electrons. The molecule has 0 aliphatic heterocycles. The number of hydrogen-bond donors (Lipinski definition) is 0. The van der Waals surface area contributed by atoms with Gasteiger partial charge < -0.3 is 0 Å². The first-order valence-corrected chi connectivity index (χ1v) is 5.71. The predicted molar refractivity (Wildman–Crippen MR) is 60.5 cm³/mol. The van der Waals surface area contributed by atoms with Crippen LogP contribution in [0.15, 0.2) is 20.1 Å². The average Bonchev–Trinajstić information content (AvgIpc) is 2.30. The maximum absolute atomic E-state index is 5.99. The van der Waals surface area contributed by atoms with Gasteiger partial charge in [-0.3, -0.25) is 0 Å². The van der Waals surface area contributed by atoms with Crippen molar-refractivity contribution >= 4 is 46.4 Å². The van der Waals surface area contributed by atoms with Crippen molar-refractivity contribution in [2.45, 2.75) is 26.2 Å². The Bertz CT molecular complexity index is 241. The van der Waals surface area contributed by atoms with Crippen LogP contribution in [0.3, 0.4) is 0 Å². The molecule has 0 saturated carbocycles. The molecule has 0 aromatic carbocycles. The molecular weight excluding hydrogens is 250 g/mol. The standard InChI is InChI=1S/C9H10Cl4/c1-2-3-4-5-6(10)8(12)9(13)7(5)11/h5H,2-4H2,1H3. The molecular formula is C9H10Cl4. The first-order valence-electron chi connectivity index (χ1n) is 4.20. The van der Waals surface area contributed by atoms with Crippen LogP contribution in [0.4, 0.5) is 0 Å². The van der Waals surface area contributed by atoms with E-state index in [1.165, 1.54) is 0 Å². The molecule has 0 bridgehead atoms. The van der Waals surface area contributed by atoms with Gasteiger partial charge in [0.2, 0.25) is 0 Å². The van der Waals surface area contributed by atoms with E-state index in [0.717, 1.165) is 19.3 Å². The average molecular weight is 260 g/mol. The largest absolute Gasteiger partial charge is 0.0868 e. The highest BCUT2D eigenvalue weighted by Crippen LogP contribution is 2.47. The zero-order valence-corrected chi connectivity index (χ0v) is 10.2. The first kappa shape index (κ1) is 11.7. The molecule has 0 amide bonds. The lowest BCUT2D eigenvalue weighted by molar-refractivity contribution is 0.632. The summed E-state index contributed by atoms with van der Waals surface area (Å²) in [6, 6.07) is 0. The number of unbranched alkanes of at least 4 members (excludes halogenated alkanes) is 1. The lowest BCUT2D eigenvalue weighted by Gasteiger charge is -2.09. The Balaban J connectivity index is 2.77. The molecule has 0 spiro atoms. The number of rotatable bonds is 3. The van der Waals surface area contributed by atoms with Crippen molar-refractivity contribution in [3.63, 3.8) is 0 Å². The van der Waals surface area contributed by atoms with Gasteiger partial charge in [-0.2, -0.15) is 0 Å². The summed E-state index contributed by atoms with van der Waals surface area (Å²) in [5.41, 5.74) is 0. The van der Waals surface area contributed by atoms with Gasteiger partial charge in [0, 0.05) is 16.0 Å². The van der Waals surface area contributed by atoms with Crippen molar-refractivity contribution in [2.75, 3.05) is 0 Å². The quantitative estimate of drug-likeness (QED) is 0.655. The minimum Gasteiger partial charge on any atom is -0.0868 e. The molecule has 0 saturated heterocycles. The van der Waals surface area contributed by atoms with Gasteiger partial charge in [-0.1, -0.05) is 66.2 Å². The summed E-state index contributed by atoms with van der Waals surface area (Å²) in [6.45, 7) is 2.12. The molecule has 0 unspecified atom stereocenters. The van der Waals surface area contributed by atoms with Gasteiger partial charge >= 0.3 is 0 Å². The third-order valence-electron chi connectivity index (χ3n) is 2.07. The Morgan fingerprint density at radius 3 is 1.85 bits per heavy atom. The second-order valence-corrected chi connectivity index (χ2v) is 4.59. The molecule has 0 atom stereocenters. The Hall–Kier alpha value is 0.640. The molecule has 0 N–H and O–H groups in total. The van der Waals surface area contributed by atoms with Crippen LogP contribution in [0.25, 0.3) is 0 Å². The highest BCUT2D eigenvalue weighted by molar-refractivity contribution is 6.53. The van der Waals surface area contributed by atoms with E-state index < -0.39 is 0 Å². The Kier molecular flexibility index (Phi) is 4.44. The van der Waals surface area contributed by atoms with Crippen molar-refractivity contribution < 1.29 is 0 Å². The van der Waals surface area contributed by atoms with Crippen LogP contribution < -0.4 is 0 Å². The van der Waals surface area contributed by atoms with Gasteiger partial charge in [0.1, 0.15) is 0 Å². The summed E-state index contributed by atoms with van der Waals surface area (Å²) in [7, 11) is 0. The molecule has 1 rings (SSSR count). The maximum atomic E-state index is 5.99. The van der Waals surface area contributed by atoms with Crippen LogP contribution >= 0.6 is 46.4 Å². The summed E-state index contributed by atoms with van der Waals surface area (Å²) >= 11 is 23.7. The molecule has 13 heavy (non-hydrogen) atoms. The summed E-state index contributed by atoms with van der Waals surface area (Å²) in [5, 5.41) is 2.00.